The first-order chi connectivity index (χ1) is 10.0. The van der Waals surface area contributed by atoms with Crippen molar-refractivity contribution >= 4 is 17.3 Å². The van der Waals surface area contributed by atoms with E-state index in [0.29, 0.717) is 23.5 Å². The molecule has 21 heavy (non-hydrogen) atoms. The summed E-state index contributed by atoms with van der Waals surface area (Å²) < 4.78 is 0. The Hall–Kier alpha value is -1.75. The van der Waals surface area contributed by atoms with Gasteiger partial charge in [0.15, 0.2) is 0 Å². The average molecular weight is 291 g/mol. The fraction of sp³-hybridized carbons (Fsp3) is 0.562. The Morgan fingerprint density at radius 1 is 1.29 bits per heavy atom. The Balaban J connectivity index is 2.11. The molecule has 0 atom stereocenters. The van der Waals surface area contributed by atoms with Crippen LogP contribution in [0.1, 0.15) is 48.9 Å². The lowest BCUT2D eigenvalue weighted by Gasteiger charge is -2.28. The molecule has 5 heteroatoms. The van der Waals surface area contributed by atoms with Gasteiger partial charge in [0.05, 0.1) is 11.2 Å². The molecule has 1 aromatic rings. The maximum absolute atomic E-state index is 11.9. The highest BCUT2D eigenvalue weighted by Crippen LogP contribution is 2.28. The SMILES string of the molecule is CNC(=O)c1ccc(N)cc1NCC1(O)CCCCCC1. The smallest absolute Gasteiger partial charge is 0.253 e. The highest BCUT2D eigenvalue weighted by Gasteiger charge is 2.28. The summed E-state index contributed by atoms with van der Waals surface area (Å²) in [5.41, 5.74) is 6.92. The number of carbonyl (C=O) groups is 1. The summed E-state index contributed by atoms with van der Waals surface area (Å²) in [4.78, 5) is 11.9. The zero-order valence-electron chi connectivity index (χ0n) is 12.6. The Bertz CT molecular complexity index is 494. The van der Waals surface area contributed by atoms with E-state index in [4.69, 9.17) is 5.73 Å². The number of benzene rings is 1. The van der Waals surface area contributed by atoms with Crippen molar-refractivity contribution in [3.05, 3.63) is 23.8 Å². The van der Waals surface area contributed by atoms with Crippen LogP contribution in [0.4, 0.5) is 11.4 Å². The molecular formula is C16H25N3O2. The molecular weight excluding hydrogens is 266 g/mol. The number of hydrogen-bond acceptors (Lipinski definition) is 4. The van der Waals surface area contributed by atoms with Gasteiger partial charge in [-0.2, -0.15) is 0 Å². The van der Waals surface area contributed by atoms with Gasteiger partial charge in [0, 0.05) is 25.0 Å². The van der Waals surface area contributed by atoms with Crippen molar-refractivity contribution in [2.24, 2.45) is 0 Å². The van der Waals surface area contributed by atoms with Gasteiger partial charge in [-0.1, -0.05) is 25.7 Å². The molecule has 1 aromatic carbocycles. The van der Waals surface area contributed by atoms with Gasteiger partial charge in [0.1, 0.15) is 0 Å². The summed E-state index contributed by atoms with van der Waals surface area (Å²) in [6.45, 7) is 0.445. The van der Waals surface area contributed by atoms with Gasteiger partial charge >= 0.3 is 0 Å². The van der Waals surface area contributed by atoms with Crippen LogP contribution in [0, 0.1) is 0 Å². The second-order valence-corrected chi connectivity index (χ2v) is 5.88. The van der Waals surface area contributed by atoms with Crippen LogP contribution in [0.15, 0.2) is 18.2 Å². The quantitative estimate of drug-likeness (QED) is 0.505. The minimum absolute atomic E-state index is 0.162. The molecule has 1 saturated carbocycles. The summed E-state index contributed by atoms with van der Waals surface area (Å²) in [7, 11) is 1.60. The highest BCUT2D eigenvalue weighted by atomic mass is 16.3. The first-order valence-electron chi connectivity index (χ1n) is 7.62. The molecule has 0 aliphatic heterocycles. The normalized spacial score (nSPS) is 17.8. The van der Waals surface area contributed by atoms with Crippen LogP contribution in [-0.2, 0) is 0 Å². The third kappa shape index (κ3) is 4.11. The van der Waals surface area contributed by atoms with E-state index in [-0.39, 0.29) is 5.91 Å². The zero-order chi connectivity index (χ0) is 15.3. The number of carbonyl (C=O) groups excluding carboxylic acids is 1. The Kier molecular flexibility index (Phi) is 5.07. The van der Waals surface area contributed by atoms with Crippen LogP contribution in [0.2, 0.25) is 0 Å². The van der Waals surface area contributed by atoms with Crippen LogP contribution in [-0.4, -0.2) is 30.2 Å². The molecule has 1 aliphatic rings. The molecule has 5 nitrogen and oxygen atoms in total. The van der Waals surface area contributed by atoms with Gasteiger partial charge in [-0.15, -0.1) is 0 Å². The van der Waals surface area contributed by atoms with Gasteiger partial charge in [-0.05, 0) is 31.0 Å². The summed E-state index contributed by atoms with van der Waals surface area (Å²) in [6.07, 6.45) is 6.08. The molecule has 116 valence electrons. The molecule has 0 aromatic heterocycles. The van der Waals surface area contributed by atoms with E-state index in [9.17, 15) is 9.90 Å². The first-order valence-corrected chi connectivity index (χ1v) is 7.62. The number of aliphatic hydroxyl groups is 1. The Labute approximate surface area is 125 Å². The largest absolute Gasteiger partial charge is 0.399 e. The van der Waals surface area contributed by atoms with Gasteiger partial charge in [-0.25, -0.2) is 0 Å². The number of nitrogen functional groups attached to an aromatic ring is 1. The number of hydrogen-bond donors (Lipinski definition) is 4. The summed E-state index contributed by atoms with van der Waals surface area (Å²) in [5.74, 6) is -0.162. The van der Waals surface area contributed by atoms with Crippen molar-refractivity contribution < 1.29 is 9.90 Å². The number of amides is 1. The van der Waals surface area contributed by atoms with Crippen molar-refractivity contribution in [3.63, 3.8) is 0 Å². The van der Waals surface area contributed by atoms with Crippen molar-refractivity contribution in [3.8, 4) is 0 Å². The van der Waals surface area contributed by atoms with E-state index in [1.807, 2.05) is 0 Å². The lowest BCUT2D eigenvalue weighted by molar-refractivity contribution is 0.0381. The minimum Gasteiger partial charge on any atom is -0.399 e. The first kappa shape index (κ1) is 15.6. The minimum atomic E-state index is -0.693. The van der Waals surface area contributed by atoms with Crippen LogP contribution in [0.5, 0.6) is 0 Å². The van der Waals surface area contributed by atoms with Crippen LogP contribution < -0.4 is 16.4 Å². The van der Waals surface area contributed by atoms with Crippen molar-refractivity contribution in [2.75, 3.05) is 24.6 Å². The van der Waals surface area contributed by atoms with Crippen LogP contribution in [0.25, 0.3) is 0 Å². The van der Waals surface area contributed by atoms with E-state index in [1.165, 1.54) is 12.8 Å². The molecule has 1 aliphatic carbocycles. The molecule has 5 N–H and O–H groups in total. The molecule has 2 rings (SSSR count). The third-order valence-electron chi connectivity index (χ3n) is 4.16. The summed E-state index contributed by atoms with van der Waals surface area (Å²) in [6, 6.07) is 5.15. The summed E-state index contributed by atoms with van der Waals surface area (Å²) >= 11 is 0. The second-order valence-electron chi connectivity index (χ2n) is 5.88. The predicted molar refractivity (Wildman–Crippen MR) is 85.4 cm³/mol. The number of nitrogens with two attached hydrogens (primary N) is 1. The van der Waals surface area contributed by atoms with Gasteiger partial charge < -0.3 is 21.5 Å². The molecule has 0 unspecified atom stereocenters. The Morgan fingerprint density at radius 3 is 2.57 bits per heavy atom. The maximum atomic E-state index is 11.9. The van der Waals surface area contributed by atoms with Gasteiger partial charge in [0.2, 0.25) is 0 Å². The molecule has 1 fully saturated rings. The summed E-state index contributed by atoms with van der Waals surface area (Å²) in [5, 5.41) is 16.5. The molecule has 0 spiro atoms. The van der Waals surface area contributed by atoms with E-state index in [1.54, 1.807) is 25.2 Å². The number of rotatable bonds is 4. The molecule has 0 heterocycles. The number of anilines is 2. The highest BCUT2D eigenvalue weighted by molar-refractivity contribution is 6.00. The van der Waals surface area contributed by atoms with Crippen molar-refractivity contribution in [1.82, 2.24) is 5.32 Å². The van der Waals surface area contributed by atoms with Gasteiger partial charge in [0.25, 0.3) is 5.91 Å². The lowest BCUT2D eigenvalue weighted by Crippen LogP contribution is -2.36. The fourth-order valence-corrected chi connectivity index (χ4v) is 2.86. The topological polar surface area (TPSA) is 87.4 Å². The molecule has 1 amide bonds. The third-order valence-corrected chi connectivity index (χ3v) is 4.16. The molecule has 0 bridgehead atoms. The van der Waals surface area contributed by atoms with E-state index in [2.05, 4.69) is 10.6 Å². The zero-order valence-corrected chi connectivity index (χ0v) is 12.6. The van der Waals surface area contributed by atoms with Crippen LogP contribution >= 0.6 is 0 Å². The van der Waals surface area contributed by atoms with E-state index >= 15 is 0 Å². The van der Waals surface area contributed by atoms with Crippen molar-refractivity contribution in [1.29, 1.82) is 0 Å². The number of nitrogens with one attached hydrogen (secondary N) is 2. The molecule has 0 saturated heterocycles. The predicted octanol–water partition coefficient (Wildman–Crippen LogP) is 2.13. The second kappa shape index (κ2) is 6.80. The monoisotopic (exact) mass is 291 g/mol. The average Bonchev–Trinajstić information content (AvgIpc) is 2.70. The fourth-order valence-electron chi connectivity index (χ4n) is 2.86. The van der Waals surface area contributed by atoms with E-state index in [0.717, 1.165) is 25.7 Å². The Morgan fingerprint density at radius 2 is 1.95 bits per heavy atom. The van der Waals surface area contributed by atoms with Crippen molar-refractivity contribution in [2.45, 2.75) is 44.1 Å². The standard InChI is InChI=1S/C16H25N3O2/c1-18-15(20)13-7-6-12(17)10-14(13)19-11-16(21)8-4-2-3-5-9-16/h6-7,10,19,21H,2-5,8-9,11,17H2,1H3,(H,18,20). The maximum Gasteiger partial charge on any atom is 0.253 e. The molecule has 0 radical (unpaired) electrons. The van der Waals surface area contributed by atoms with Crippen LogP contribution in [0.3, 0.4) is 0 Å². The lowest BCUT2D eigenvalue weighted by atomic mass is 9.94. The van der Waals surface area contributed by atoms with Gasteiger partial charge in [-0.3, -0.25) is 4.79 Å². The van der Waals surface area contributed by atoms with E-state index < -0.39 is 5.60 Å².